The summed E-state index contributed by atoms with van der Waals surface area (Å²) in [6, 6.07) is 5.38. The van der Waals surface area contributed by atoms with Gasteiger partial charge in [0, 0.05) is 23.1 Å². The molecule has 0 aliphatic carbocycles. The highest BCUT2D eigenvalue weighted by Crippen LogP contribution is 2.30. The number of carbonyl (C=O) groups is 1. The molecule has 4 heteroatoms. The van der Waals surface area contributed by atoms with E-state index in [0.717, 1.165) is 24.0 Å². The molecule has 0 radical (unpaired) electrons. The standard InChI is InChI=1S/C14H17BrClNO/c1-14(2)6-3-7-17(9-14)13(18)10-4-5-11(15)12(16)8-10/h4-5,8H,3,6-7,9H2,1-2H3. The van der Waals surface area contributed by atoms with Gasteiger partial charge in [0.1, 0.15) is 0 Å². The lowest BCUT2D eigenvalue weighted by atomic mass is 9.84. The second kappa shape index (κ2) is 5.22. The highest BCUT2D eigenvalue weighted by molar-refractivity contribution is 9.10. The fraction of sp³-hybridized carbons (Fsp3) is 0.500. The van der Waals surface area contributed by atoms with Crippen molar-refractivity contribution in [1.29, 1.82) is 0 Å². The summed E-state index contributed by atoms with van der Waals surface area (Å²) in [6.07, 6.45) is 2.25. The highest BCUT2D eigenvalue weighted by atomic mass is 79.9. The Morgan fingerprint density at radius 1 is 1.44 bits per heavy atom. The second-order valence-corrected chi connectivity index (χ2v) is 6.88. The van der Waals surface area contributed by atoms with Gasteiger partial charge in [0.2, 0.25) is 0 Å². The molecule has 1 amide bonds. The maximum Gasteiger partial charge on any atom is 0.253 e. The van der Waals surface area contributed by atoms with E-state index in [4.69, 9.17) is 11.6 Å². The summed E-state index contributed by atoms with van der Waals surface area (Å²) in [5.74, 6) is 0.0807. The monoisotopic (exact) mass is 329 g/mol. The zero-order valence-corrected chi connectivity index (χ0v) is 13.0. The molecule has 0 unspecified atom stereocenters. The number of piperidine rings is 1. The molecule has 0 bridgehead atoms. The van der Waals surface area contributed by atoms with Crippen molar-refractivity contribution in [3.63, 3.8) is 0 Å². The Morgan fingerprint density at radius 2 is 2.17 bits per heavy atom. The fourth-order valence-electron chi connectivity index (χ4n) is 2.41. The molecule has 2 rings (SSSR count). The van der Waals surface area contributed by atoms with E-state index in [1.807, 2.05) is 17.0 Å². The zero-order valence-electron chi connectivity index (χ0n) is 10.7. The van der Waals surface area contributed by atoms with Crippen molar-refractivity contribution in [3.8, 4) is 0 Å². The molecule has 1 aliphatic heterocycles. The van der Waals surface area contributed by atoms with Crippen LogP contribution in [0.1, 0.15) is 37.0 Å². The molecule has 0 aromatic heterocycles. The van der Waals surface area contributed by atoms with Crippen molar-refractivity contribution in [2.75, 3.05) is 13.1 Å². The van der Waals surface area contributed by atoms with Crippen LogP contribution in [-0.4, -0.2) is 23.9 Å². The number of amides is 1. The zero-order chi connectivity index (χ0) is 13.3. The van der Waals surface area contributed by atoms with E-state index in [2.05, 4.69) is 29.8 Å². The lowest BCUT2D eigenvalue weighted by Crippen LogP contribution is -2.43. The van der Waals surface area contributed by atoms with Gasteiger partial charge in [0.05, 0.1) is 5.02 Å². The molecule has 1 aliphatic rings. The van der Waals surface area contributed by atoms with E-state index in [9.17, 15) is 4.79 Å². The number of rotatable bonds is 1. The van der Waals surface area contributed by atoms with Gasteiger partial charge in [0.15, 0.2) is 0 Å². The van der Waals surface area contributed by atoms with E-state index in [1.165, 1.54) is 6.42 Å². The minimum atomic E-state index is 0.0807. The van der Waals surface area contributed by atoms with Crippen LogP contribution in [0.25, 0.3) is 0 Å². The number of hydrogen-bond donors (Lipinski definition) is 0. The van der Waals surface area contributed by atoms with E-state index in [-0.39, 0.29) is 11.3 Å². The van der Waals surface area contributed by atoms with Gasteiger partial charge < -0.3 is 4.90 Å². The van der Waals surface area contributed by atoms with Crippen LogP contribution in [0.2, 0.25) is 5.02 Å². The van der Waals surface area contributed by atoms with Crippen LogP contribution < -0.4 is 0 Å². The SMILES string of the molecule is CC1(C)CCCN(C(=O)c2ccc(Br)c(Cl)c2)C1. The molecular weight excluding hydrogens is 314 g/mol. The molecule has 0 atom stereocenters. The molecule has 98 valence electrons. The molecule has 1 fully saturated rings. The first-order chi connectivity index (χ1) is 8.39. The molecule has 0 N–H and O–H groups in total. The average Bonchev–Trinajstić information content (AvgIpc) is 2.30. The normalized spacial score (nSPS) is 18.8. The fourth-order valence-corrected chi connectivity index (χ4v) is 2.84. The van der Waals surface area contributed by atoms with Gasteiger partial charge in [-0.1, -0.05) is 25.4 Å². The number of likely N-dealkylation sites (tertiary alicyclic amines) is 1. The quantitative estimate of drug-likeness (QED) is 0.749. The van der Waals surface area contributed by atoms with E-state index >= 15 is 0 Å². The Kier molecular flexibility index (Phi) is 4.02. The Balaban J connectivity index is 2.18. The Morgan fingerprint density at radius 3 is 2.78 bits per heavy atom. The number of benzene rings is 1. The summed E-state index contributed by atoms with van der Waals surface area (Å²) in [5, 5.41) is 0.581. The van der Waals surface area contributed by atoms with Crippen LogP contribution in [0.15, 0.2) is 22.7 Å². The van der Waals surface area contributed by atoms with Crippen molar-refractivity contribution < 1.29 is 4.79 Å². The Hall–Kier alpha value is -0.540. The van der Waals surface area contributed by atoms with Gasteiger partial charge in [-0.3, -0.25) is 4.79 Å². The predicted octanol–water partition coefficient (Wildman–Crippen LogP) is 4.36. The first-order valence-electron chi connectivity index (χ1n) is 6.13. The molecule has 1 aromatic carbocycles. The molecular formula is C14H17BrClNO. The van der Waals surface area contributed by atoms with Gasteiger partial charge in [-0.15, -0.1) is 0 Å². The van der Waals surface area contributed by atoms with Crippen molar-refractivity contribution >= 4 is 33.4 Å². The molecule has 0 saturated carbocycles. The third-order valence-corrected chi connectivity index (χ3v) is 4.59. The molecule has 1 saturated heterocycles. The molecule has 2 nitrogen and oxygen atoms in total. The molecule has 18 heavy (non-hydrogen) atoms. The first kappa shape index (κ1) is 13.9. The van der Waals surface area contributed by atoms with E-state index in [1.54, 1.807) is 6.07 Å². The smallest absolute Gasteiger partial charge is 0.253 e. The predicted molar refractivity (Wildman–Crippen MR) is 78.1 cm³/mol. The summed E-state index contributed by atoms with van der Waals surface area (Å²) in [4.78, 5) is 14.3. The van der Waals surface area contributed by atoms with Gasteiger partial charge in [-0.2, -0.15) is 0 Å². The molecule has 0 spiro atoms. The number of halogens is 2. The summed E-state index contributed by atoms with van der Waals surface area (Å²) >= 11 is 9.37. The summed E-state index contributed by atoms with van der Waals surface area (Å²) < 4.78 is 0.819. The van der Waals surface area contributed by atoms with Crippen molar-refractivity contribution in [2.24, 2.45) is 5.41 Å². The molecule has 1 heterocycles. The van der Waals surface area contributed by atoms with E-state index in [0.29, 0.717) is 10.6 Å². The van der Waals surface area contributed by atoms with Crippen LogP contribution in [0, 0.1) is 5.41 Å². The van der Waals surface area contributed by atoms with Gasteiger partial charge in [0.25, 0.3) is 5.91 Å². The van der Waals surface area contributed by atoms with Gasteiger partial charge in [-0.25, -0.2) is 0 Å². The number of carbonyl (C=O) groups excluding carboxylic acids is 1. The van der Waals surface area contributed by atoms with Crippen molar-refractivity contribution in [1.82, 2.24) is 4.90 Å². The Labute approximate surface area is 121 Å². The topological polar surface area (TPSA) is 20.3 Å². The largest absolute Gasteiger partial charge is 0.338 e. The van der Waals surface area contributed by atoms with Crippen LogP contribution >= 0.6 is 27.5 Å². The van der Waals surface area contributed by atoms with Crippen LogP contribution in [0.5, 0.6) is 0 Å². The number of hydrogen-bond acceptors (Lipinski definition) is 1. The van der Waals surface area contributed by atoms with E-state index < -0.39 is 0 Å². The maximum absolute atomic E-state index is 12.4. The van der Waals surface area contributed by atoms with Gasteiger partial charge in [-0.05, 0) is 52.4 Å². The average molecular weight is 331 g/mol. The minimum Gasteiger partial charge on any atom is -0.338 e. The Bertz CT molecular complexity index is 473. The summed E-state index contributed by atoms with van der Waals surface area (Å²) in [5.41, 5.74) is 0.883. The van der Waals surface area contributed by atoms with Gasteiger partial charge >= 0.3 is 0 Å². The van der Waals surface area contributed by atoms with Crippen LogP contribution in [0.4, 0.5) is 0 Å². The van der Waals surface area contributed by atoms with Crippen LogP contribution in [0.3, 0.4) is 0 Å². The maximum atomic E-state index is 12.4. The highest BCUT2D eigenvalue weighted by Gasteiger charge is 2.29. The lowest BCUT2D eigenvalue weighted by molar-refractivity contribution is 0.0583. The third kappa shape index (κ3) is 3.07. The lowest BCUT2D eigenvalue weighted by Gasteiger charge is -2.38. The van der Waals surface area contributed by atoms with Crippen molar-refractivity contribution in [2.45, 2.75) is 26.7 Å². The summed E-state index contributed by atoms with van der Waals surface area (Å²) in [7, 11) is 0. The summed E-state index contributed by atoms with van der Waals surface area (Å²) in [6.45, 7) is 6.08. The molecule has 1 aromatic rings. The van der Waals surface area contributed by atoms with Crippen LogP contribution in [-0.2, 0) is 0 Å². The minimum absolute atomic E-state index is 0.0807. The van der Waals surface area contributed by atoms with Crippen molar-refractivity contribution in [3.05, 3.63) is 33.3 Å². The first-order valence-corrected chi connectivity index (χ1v) is 7.30. The third-order valence-electron chi connectivity index (χ3n) is 3.35. The number of nitrogens with zero attached hydrogens (tertiary/aromatic N) is 1. The second-order valence-electron chi connectivity index (χ2n) is 5.62.